The van der Waals surface area contributed by atoms with Gasteiger partial charge in [-0.3, -0.25) is 4.79 Å². The van der Waals surface area contributed by atoms with E-state index in [4.69, 9.17) is 0 Å². The molecule has 7 nitrogen and oxygen atoms in total. The summed E-state index contributed by atoms with van der Waals surface area (Å²) in [5.74, 6) is -0.341. The van der Waals surface area contributed by atoms with Crippen molar-refractivity contribution in [3.05, 3.63) is 48.3 Å². The molecule has 1 amide bonds. The van der Waals surface area contributed by atoms with E-state index in [1.807, 2.05) is 49.9 Å². The summed E-state index contributed by atoms with van der Waals surface area (Å²) >= 11 is 0. The molecule has 1 fully saturated rings. The average Bonchev–Trinajstić information content (AvgIpc) is 2.77. The number of hydrogen-bond acceptors (Lipinski definition) is 6. The number of anilines is 1. The Kier molecular flexibility index (Phi) is 6.21. The molecule has 0 unspecified atom stereocenters. The Balaban J connectivity index is 1.61. The van der Waals surface area contributed by atoms with Gasteiger partial charge >= 0.3 is 0 Å². The average molecular weight is 453 g/mol. The van der Waals surface area contributed by atoms with E-state index in [0.717, 1.165) is 5.39 Å². The number of para-hydroxylation sites is 1. The Morgan fingerprint density at radius 3 is 2.42 bits per heavy atom. The fourth-order valence-electron chi connectivity index (χ4n) is 4.16. The lowest BCUT2D eigenvalue weighted by molar-refractivity contribution is -0.142. The number of rotatable bonds is 4. The predicted octanol–water partition coefficient (Wildman–Crippen LogP) is 3.59. The van der Waals surface area contributed by atoms with Crippen LogP contribution >= 0.6 is 0 Å². The van der Waals surface area contributed by atoms with Gasteiger partial charge in [-0.1, -0.05) is 39.0 Å². The molecule has 8 heteroatoms. The van der Waals surface area contributed by atoms with Crippen LogP contribution in [0.3, 0.4) is 0 Å². The molecule has 0 aliphatic carbocycles. The van der Waals surface area contributed by atoms with Crippen LogP contribution in [0.1, 0.15) is 27.2 Å². The van der Waals surface area contributed by atoms with Crippen molar-refractivity contribution in [3.8, 4) is 17.1 Å². The van der Waals surface area contributed by atoms with E-state index in [-0.39, 0.29) is 28.5 Å². The molecule has 1 atom stereocenters. The number of benzene rings is 2. The van der Waals surface area contributed by atoms with Crippen molar-refractivity contribution in [2.24, 2.45) is 5.41 Å². The maximum atomic E-state index is 14.5. The largest absolute Gasteiger partial charge is 0.507 e. The Hall–Kier alpha value is -3.26. The Labute approximate surface area is 192 Å². The number of piperazine rings is 1. The quantitative estimate of drug-likeness (QED) is 0.629. The molecule has 2 aromatic carbocycles. The zero-order valence-electron chi connectivity index (χ0n) is 19.1. The number of carbonyl (C=O) groups is 1. The second kappa shape index (κ2) is 8.94. The van der Waals surface area contributed by atoms with Crippen LogP contribution in [-0.4, -0.2) is 63.3 Å². The lowest BCUT2D eigenvalue weighted by atomic mass is 9.89. The molecule has 4 rings (SSSR count). The van der Waals surface area contributed by atoms with Crippen molar-refractivity contribution in [1.29, 1.82) is 0 Å². The van der Waals surface area contributed by atoms with Crippen LogP contribution in [0.5, 0.6) is 5.75 Å². The number of aliphatic hydroxyl groups is 1. The van der Waals surface area contributed by atoms with Crippen molar-refractivity contribution in [2.45, 2.75) is 33.3 Å². The van der Waals surface area contributed by atoms with E-state index in [1.165, 1.54) is 18.2 Å². The number of amides is 1. The van der Waals surface area contributed by atoms with Crippen LogP contribution in [-0.2, 0) is 4.79 Å². The van der Waals surface area contributed by atoms with Crippen LogP contribution in [0.25, 0.3) is 22.3 Å². The number of aromatic nitrogens is 2. The number of carbonyl (C=O) groups excluding carboxylic acids is 1. The molecule has 1 aromatic heterocycles. The van der Waals surface area contributed by atoms with Crippen LogP contribution in [0.15, 0.2) is 42.5 Å². The van der Waals surface area contributed by atoms with E-state index in [9.17, 15) is 19.4 Å². The topological polar surface area (TPSA) is 89.8 Å². The highest BCUT2D eigenvalue weighted by Crippen LogP contribution is 2.33. The second-order valence-corrected chi connectivity index (χ2v) is 9.61. The van der Waals surface area contributed by atoms with Crippen LogP contribution in [0.4, 0.5) is 10.2 Å². The Morgan fingerprint density at radius 1 is 1.06 bits per heavy atom. The summed E-state index contributed by atoms with van der Waals surface area (Å²) < 4.78 is 14.5. The molecule has 1 aliphatic rings. The standard InChI is InChI=1S/C25H29FN4O3/c1-25(2,3)15-20(32)24(33)30-13-11-29(12-14-30)23-16-7-4-5-9-18(16)27-22(28-23)21-17(26)8-6-10-19(21)31/h4-10,20,31-32H,11-15H2,1-3H3/t20-/m1/s1. The molecule has 2 N–H and O–H groups in total. The van der Waals surface area contributed by atoms with Crippen LogP contribution < -0.4 is 4.90 Å². The first-order chi connectivity index (χ1) is 15.6. The SMILES string of the molecule is CC(C)(C)C[C@@H](O)C(=O)N1CCN(c2nc(-c3c(O)cccc3F)nc3ccccc23)CC1. The molecule has 3 aromatic rings. The van der Waals surface area contributed by atoms with Crippen molar-refractivity contribution >= 4 is 22.6 Å². The van der Waals surface area contributed by atoms with Gasteiger partial charge in [0.1, 0.15) is 23.5 Å². The maximum absolute atomic E-state index is 14.5. The third-order valence-electron chi connectivity index (χ3n) is 5.78. The number of aromatic hydroxyl groups is 1. The van der Waals surface area contributed by atoms with E-state index in [2.05, 4.69) is 9.97 Å². The number of aliphatic hydroxyl groups excluding tert-OH is 1. The first kappa shape index (κ1) is 22.9. The third-order valence-corrected chi connectivity index (χ3v) is 5.78. The smallest absolute Gasteiger partial charge is 0.251 e. The lowest BCUT2D eigenvalue weighted by Crippen LogP contribution is -2.52. The summed E-state index contributed by atoms with van der Waals surface area (Å²) in [7, 11) is 0. The molecule has 33 heavy (non-hydrogen) atoms. The van der Waals surface area contributed by atoms with E-state index in [1.54, 1.807) is 4.90 Å². The molecule has 0 saturated carbocycles. The zero-order chi connectivity index (χ0) is 23.8. The number of halogens is 1. The molecule has 0 radical (unpaired) electrons. The minimum absolute atomic E-state index is 0.0383. The van der Waals surface area contributed by atoms with Gasteiger partial charge in [0, 0.05) is 31.6 Å². The first-order valence-corrected chi connectivity index (χ1v) is 11.1. The number of phenolic OH excluding ortho intramolecular Hbond substituents is 1. The fraction of sp³-hybridized carbons (Fsp3) is 0.400. The van der Waals surface area contributed by atoms with Crippen LogP contribution in [0, 0.1) is 11.2 Å². The zero-order valence-corrected chi connectivity index (χ0v) is 19.1. The number of phenols is 1. The molecule has 0 bridgehead atoms. The predicted molar refractivity (Wildman–Crippen MR) is 125 cm³/mol. The van der Waals surface area contributed by atoms with Crippen molar-refractivity contribution in [3.63, 3.8) is 0 Å². The van der Waals surface area contributed by atoms with Crippen molar-refractivity contribution in [1.82, 2.24) is 14.9 Å². The van der Waals surface area contributed by atoms with Gasteiger partial charge in [0.25, 0.3) is 5.91 Å². The highest BCUT2D eigenvalue weighted by molar-refractivity contribution is 5.91. The van der Waals surface area contributed by atoms with Crippen molar-refractivity contribution in [2.75, 3.05) is 31.1 Å². The minimum Gasteiger partial charge on any atom is -0.507 e. The lowest BCUT2D eigenvalue weighted by Gasteiger charge is -2.37. The van der Waals surface area contributed by atoms with Gasteiger partial charge in [0.15, 0.2) is 5.82 Å². The maximum Gasteiger partial charge on any atom is 0.251 e. The normalized spacial score (nSPS) is 15.7. The summed E-state index contributed by atoms with van der Waals surface area (Å²) in [5.41, 5.74) is 0.453. The molecular formula is C25H29FN4O3. The highest BCUT2D eigenvalue weighted by Gasteiger charge is 2.30. The van der Waals surface area contributed by atoms with Gasteiger partial charge in [0.2, 0.25) is 0 Å². The molecular weight excluding hydrogens is 423 g/mol. The number of fused-ring (bicyclic) bond motifs is 1. The molecule has 1 saturated heterocycles. The molecule has 0 spiro atoms. The summed E-state index contributed by atoms with van der Waals surface area (Å²) in [5, 5.41) is 21.4. The molecule has 174 valence electrons. The molecule has 2 heterocycles. The first-order valence-electron chi connectivity index (χ1n) is 11.1. The van der Waals surface area contributed by atoms with Gasteiger partial charge < -0.3 is 20.0 Å². The Bertz CT molecular complexity index is 1150. The minimum atomic E-state index is -1.02. The summed E-state index contributed by atoms with van der Waals surface area (Å²) in [6, 6.07) is 11.6. The van der Waals surface area contributed by atoms with Gasteiger partial charge in [-0.2, -0.15) is 0 Å². The van der Waals surface area contributed by atoms with Gasteiger partial charge in [-0.05, 0) is 36.1 Å². The molecule has 1 aliphatic heterocycles. The van der Waals surface area contributed by atoms with Gasteiger partial charge in [-0.15, -0.1) is 0 Å². The summed E-state index contributed by atoms with van der Waals surface area (Å²) in [4.78, 5) is 25.5. The second-order valence-electron chi connectivity index (χ2n) is 9.61. The van der Waals surface area contributed by atoms with E-state index >= 15 is 0 Å². The number of nitrogens with zero attached hydrogens (tertiary/aromatic N) is 4. The van der Waals surface area contributed by atoms with Crippen molar-refractivity contribution < 1.29 is 19.4 Å². The third kappa shape index (κ3) is 4.90. The van der Waals surface area contributed by atoms with E-state index < -0.39 is 11.9 Å². The monoisotopic (exact) mass is 452 g/mol. The Morgan fingerprint density at radius 2 is 1.76 bits per heavy atom. The summed E-state index contributed by atoms with van der Waals surface area (Å²) in [6.07, 6.45) is -0.620. The number of hydrogen-bond donors (Lipinski definition) is 2. The van der Waals surface area contributed by atoms with Gasteiger partial charge in [-0.25, -0.2) is 14.4 Å². The summed E-state index contributed by atoms with van der Waals surface area (Å²) in [6.45, 7) is 7.89. The van der Waals surface area contributed by atoms with E-state index in [0.29, 0.717) is 43.9 Å². The van der Waals surface area contributed by atoms with Gasteiger partial charge in [0.05, 0.1) is 11.1 Å². The highest BCUT2D eigenvalue weighted by atomic mass is 19.1. The van der Waals surface area contributed by atoms with Crippen LogP contribution in [0.2, 0.25) is 0 Å². The fourth-order valence-corrected chi connectivity index (χ4v) is 4.16.